The molecule has 4 nitrogen and oxygen atoms in total. The maximum atomic E-state index is 12.6. The summed E-state index contributed by atoms with van der Waals surface area (Å²) >= 11 is 0. The first-order valence-electron chi connectivity index (χ1n) is 7.57. The van der Waals surface area contributed by atoms with Crippen molar-refractivity contribution in [1.82, 2.24) is 4.90 Å². The smallest absolute Gasteiger partial charge is 0.235 e. The molecule has 2 saturated carbocycles. The second kappa shape index (κ2) is 4.58. The molecule has 1 N–H and O–H groups in total. The van der Waals surface area contributed by atoms with Crippen LogP contribution in [0.4, 0.5) is 0 Å². The van der Waals surface area contributed by atoms with E-state index in [0.717, 1.165) is 51.4 Å². The summed E-state index contributed by atoms with van der Waals surface area (Å²) in [6.07, 6.45) is 8.37. The van der Waals surface area contributed by atoms with Gasteiger partial charge >= 0.3 is 0 Å². The number of aliphatic hydroxyl groups excluding tert-OH is 1. The predicted molar refractivity (Wildman–Crippen MR) is 70.2 cm³/mol. The summed E-state index contributed by atoms with van der Waals surface area (Å²) in [5, 5.41) is 9.66. The van der Waals surface area contributed by atoms with Crippen LogP contribution in [0.25, 0.3) is 0 Å². The van der Waals surface area contributed by atoms with Crippen molar-refractivity contribution < 1.29 is 14.7 Å². The molecule has 1 saturated heterocycles. The lowest BCUT2D eigenvalue weighted by Crippen LogP contribution is -2.43. The van der Waals surface area contributed by atoms with Crippen LogP contribution in [0, 0.1) is 10.8 Å². The van der Waals surface area contributed by atoms with Gasteiger partial charge < -0.3 is 5.11 Å². The largest absolute Gasteiger partial charge is 0.396 e. The van der Waals surface area contributed by atoms with Gasteiger partial charge in [0.25, 0.3) is 0 Å². The van der Waals surface area contributed by atoms with Crippen LogP contribution < -0.4 is 0 Å². The fraction of sp³-hybridized carbons (Fsp3) is 0.867. The molecule has 4 heteroatoms. The minimum absolute atomic E-state index is 0.00775. The molecule has 0 unspecified atom stereocenters. The Morgan fingerprint density at radius 2 is 1.58 bits per heavy atom. The Morgan fingerprint density at radius 1 is 1.00 bits per heavy atom. The summed E-state index contributed by atoms with van der Waals surface area (Å²) in [5.41, 5.74) is -0.582. The zero-order valence-electron chi connectivity index (χ0n) is 11.5. The molecule has 2 aliphatic carbocycles. The zero-order chi connectivity index (χ0) is 13.5. The summed E-state index contributed by atoms with van der Waals surface area (Å²) in [4.78, 5) is 26.3. The Kier molecular flexibility index (Phi) is 3.16. The molecular formula is C15H23NO3. The number of amides is 2. The van der Waals surface area contributed by atoms with Crippen LogP contribution in [0.2, 0.25) is 0 Å². The standard InChI is InChI=1S/C15H23NO3/c17-11-14(5-1-2-6-14)10-16-12(18)9-15(13(16)19)7-3-4-8-15/h17H,1-11H2. The number of aliphatic hydroxyl groups is 1. The molecular weight excluding hydrogens is 242 g/mol. The van der Waals surface area contributed by atoms with Crippen LogP contribution in [0.1, 0.15) is 57.8 Å². The van der Waals surface area contributed by atoms with Gasteiger partial charge in [0.2, 0.25) is 11.8 Å². The Balaban J connectivity index is 1.77. The first-order valence-corrected chi connectivity index (χ1v) is 7.57. The highest BCUT2D eigenvalue weighted by molar-refractivity contribution is 6.06. The molecule has 106 valence electrons. The minimum atomic E-state index is -0.369. The van der Waals surface area contributed by atoms with Gasteiger partial charge in [-0.2, -0.15) is 0 Å². The molecule has 0 bridgehead atoms. The number of rotatable bonds is 3. The first-order chi connectivity index (χ1) is 9.11. The fourth-order valence-electron chi connectivity index (χ4n) is 4.29. The van der Waals surface area contributed by atoms with Crippen LogP contribution in [0.15, 0.2) is 0 Å². The Labute approximate surface area is 114 Å². The number of hydrogen-bond donors (Lipinski definition) is 1. The normalized spacial score (nSPS) is 28.8. The molecule has 1 aliphatic heterocycles. The van der Waals surface area contributed by atoms with Crippen LogP contribution in [0.5, 0.6) is 0 Å². The van der Waals surface area contributed by atoms with E-state index < -0.39 is 0 Å². The van der Waals surface area contributed by atoms with E-state index in [-0.39, 0.29) is 29.3 Å². The molecule has 0 aromatic rings. The van der Waals surface area contributed by atoms with E-state index in [1.54, 1.807) is 0 Å². The number of imide groups is 1. The molecule has 0 atom stereocenters. The van der Waals surface area contributed by atoms with Crippen LogP contribution >= 0.6 is 0 Å². The highest BCUT2D eigenvalue weighted by Crippen LogP contribution is 2.48. The van der Waals surface area contributed by atoms with Gasteiger partial charge in [-0.3, -0.25) is 14.5 Å². The minimum Gasteiger partial charge on any atom is -0.396 e. The van der Waals surface area contributed by atoms with Crippen molar-refractivity contribution in [3.05, 3.63) is 0 Å². The van der Waals surface area contributed by atoms with E-state index in [9.17, 15) is 14.7 Å². The zero-order valence-corrected chi connectivity index (χ0v) is 11.5. The monoisotopic (exact) mass is 265 g/mol. The fourth-order valence-corrected chi connectivity index (χ4v) is 4.29. The van der Waals surface area contributed by atoms with Gasteiger partial charge in [-0.1, -0.05) is 25.7 Å². The van der Waals surface area contributed by atoms with Crippen molar-refractivity contribution in [2.75, 3.05) is 13.2 Å². The third-order valence-electron chi connectivity index (χ3n) is 5.54. The molecule has 0 aromatic carbocycles. The molecule has 1 heterocycles. The van der Waals surface area contributed by atoms with Crippen LogP contribution in [-0.4, -0.2) is 35.0 Å². The average Bonchev–Trinajstić information content (AvgIpc) is 3.09. The molecule has 0 aromatic heterocycles. The highest BCUT2D eigenvalue weighted by Gasteiger charge is 2.54. The van der Waals surface area contributed by atoms with Crippen molar-refractivity contribution >= 4 is 11.8 Å². The Bertz CT molecular complexity index is 392. The van der Waals surface area contributed by atoms with Gasteiger partial charge in [-0.05, 0) is 25.7 Å². The molecule has 3 rings (SSSR count). The third-order valence-corrected chi connectivity index (χ3v) is 5.54. The summed E-state index contributed by atoms with van der Waals surface area (Å²) in [5.74, 6) is 0.0429. The van der Waals surface area contributed by atoms with Gasteiger partial charge in [-0.25, -0.2) is 0 Å². The van der Waals surface area contributed by atoms with E-state index in [0.29, 0.717) is 13.0 Å². The van der Waals surface area contributed by atoms with Crippen LogP contribution in [-0.2, 0) is 9.59 Å². The van der Waals surface area contributed by atoms with Crippen molar-refractivity contribution in [3.8, 4) is 0 Å². The van der Waals surface area contributed by atoms with E-state index in [4.69, 9.17) is 0 Å². The van der Waals surface area contributed by atoms with Gasteiger partial charge in [0.1, 0.15) is 0 Å². The SMILES string of the molecule is O=C1CC2(CCCC2)C(=O)N1CC1(CO)CCCC1. The molecule has 1 spiro atoms. The number of nitrogens with zero attached hydrogens (tertiary/aromatic N) is 1. The second-order valence-electron chi connectivity index (χ2n) is 6.81. The maximum absolute atomic E-state index is 12.6. The topological polar surface area (TPSA) is 57.6 Å². The Morgan fingerprint density at radius 3 is 2.16 bits per heavy atom. The predicted octanol–water partition coefficient (Wildman–Crippen LogP) is 1.86. The van der Waals surface area contributed by atoms with Crippen molar-refractivity contribution in [2.45, 2.75) is 57.8 Å². The number of likely N-dealkylation sites (tertiary alicyclic amines) is 1. The first kappa shape index (κ1) is 13.1. The quantitative estimate of drug-likeness (QED) is 0.792. The van der Waals surface area contributed by atoms with E-state index in [1.165, 1.54) is 4.90 Å². The summed E-state index contributed by atoms with van der Waals surface area (Å²) < 4.78 is 0. The molecule has 2 amide bonds. The van der Waals surface area contributed by atoms with Crippen molar-refractivity contribution in [3.63, 3.8) is 0 Å². The molecule has 0 radical (unpaired) electrons. The summed E-state index contributed by atoms with van der Waals surface area (Å²) in [6.45, 7) is 0.542. The Hall–Kier alpha value is -0.900. The maximum Gasteiger partial charge on any atom is 0.235 e. The lowest BCUT2D eigenvalue weighted by atomic mass is 9.84. The third kappa shape index (κ3) is 2.00. The van der Waals surface area contributed by atoms with Crippen molar-refractivity contribution in [1.29, 1.82) is 0 Å². The van der Waals surface area contributed by atoms with Gasteiger partial charge in [0.15, 0.2) is 0 Å². The lowest BCUT2D eigenvalue weighted by molar-refractivity contribution is -0.143. The van der Waals surface area contributed by atoms with E-state index in [1.807, 2.05) is 0 Å². The average molecular weight is 265 g/mol. The molecule has 19 heavy (non-hydrogen) atoms. The van der Waals surface area contributed by atoms with Gasteiger partial charge in [0, 0.05) is 18.4 Å². The lowest BCUT2D eigenvalue weighted by Gasteiger charge is -2.31. The molecule has 3 fully saturated rings. The van der Waals surface area contributed by atoms with Gasteiger partial charge in [-0.15, -0.1) is 0 Å². The summed E-state index contributed by atoms with van der Waals surface area (Å²) in [7, 11) is 0. The van der Waals surface area contributed by atoms with Gasteiger partial charge in [0.05, 0.1) is 12.0 Å². The second-order valence-corrected chi connectivity index (χ2v) is 6.81. The number of hydrogen-bond acceptors (Lipinski definition) is 3. The number of carbonyl (C=O) groups excluding carboxylic acids is 2. The van der Waals surface area contributed by atoms with E-state index in [2.05, 4.69) is 0 Å². The molecule has 3 aliphatic rings. The van der Waals surface area contributed by atoms with Crippen molar-refractivity contribution in [2.24, 2.45) is 10.8 Å². The van der Waals surface area contributed by atoms with Crippen LogP contribution in [0.3, 0.4) is 0 Å². The summed E-state index contributed by atoms with van der Waals surface area (Å²) in [6, 6.07) is 0. The van der Waals surface area contributed by atoms with E-state index >= 15 is 0 Å². The number of carbonyl (C=O) groups is 2. The highest BCUT2D eigenvalue weighted by atomic mass is 16.3.